The molecular formula is C23H40O2. The van der Waals surface area contributed by atoms with E-state index in [4.69, 9.17) is 9.47 Å². The molecule has 0 radical (unpaired) electrons. The van der Waals surface area contributed by atoms with E-state index >= 15 is 0 Å². The molecule has 0 aromatic heterocycles. The molecule has 0 spiro atoms. The van der Waals surface area contributed by atoms with E-state index in [1.54, 1.807) is 0 Å². The van der Waals surface area contributed by atoms with Gasteiger partial charge in [0.2, 0.25) is 0 Å². The van der Waals surface area contributed by atoms with E-state index in [9.17, 15) is 0 Å². The third kappa shape index (κ3) is 10.4. The fourth-order valence-electron chi connectivity index (χ4n) is 3.05. The zero-order valence-electron chi connectivity index (χ0n) is 16.9. The zero-order chi connectivity index (χ0) is 18.2. The maximum absolute atomic E-state index is 6.06. The monoisotopic (exact) mass is 348 g/mol. The maximum atomic E-state index is 6.06. The van der Waals surface area contributed by atoms with Crippen LogP contribution in [0.1, 0.15) is 96.5 Å². The summed E-state index contributed by atoms with van der Waals surface area (Å²) < 4.78 is 12.1. The Bertz CT molecular complexity index is 428. The molecule has 0 saturated heterocycles. The van der Waals surface area contributed by atoms with Crippen molar-refractivity contribution in [1.29, 1.82) is 0 Å². The van der Waals surface area contributed by atoms with Gasteiger partial charge in [0, 0.05) is 0 Å². The summed E-state index contributed by atoms with van der Waals surface area (Å²) in [5.41, 5.74) is 1.17. The van der Waals surface area contributed by atoms with Gasteiger partial charge in [-0.1, -0.05) is 90.2 Å². The van der Waals surface area contributed by atoms with Crippen molar-refractivity contribution in [3.05, 3.63) is 23.8 Å². The van der Waals surface area contributed by atoms with Crippen molar-refractivity contribution in [2.24, 2.45) is 0 Å². The molecule has 0 aliphatic carbocycles. The molecule has 2 heteroatoms. The lowest BCUT2D eigenvalue weighted by Gasteiger charge is -2.15. The Hall–Kier alpha value is -1.18. The summed E-state index contributed by atoms with van der Waals surface area (Å²) in [5.74, 6) is 1.86. The van der Waals surface area contributed by atoms with Crippen LogP contribution < -0.4 is 9.47 Å². The summed E-state index contributed by atoms with van der Waals surface area (Å²) in [6.45, 7) is 8.21. The molecule has 1 aromatic rings. The average molecular weight is 349 g/mol. The SMILES string of the molecule is CCCCCCCCOc1cccc(C)c1OCCCCCCCC. The molecule has 2 nitrogen and oxygen atoms in total. The van der Waals surface area contributed by atoms with Gasteiger partial charge < -0.3 is 9.47 Å². The predicted molar refractivity (Wildman–Crippen MR) is 109 cm³/mol. The smallest absolute Gasteiger partial charge is 0.164 e. The van der Waals surface area contributed by atoms with Crippen molar-refractivity contribution in [3.63, 3.8) is 0 Å². The van der Waals surface area contributed by atoms with E-state index in [2.05, 4.69) is 32.9 Å². The van der Waals surface area contributed by atoms with Gasteiger partial charge in [0.05, 0.1) is 13.2 Å². The summed E-state index contributed by atoms with van der Waals surface area (Å²) in [6, 6.07) is 6.21. The minimum atomic E-state index is 0.795. The summed E-state index contributed by atoms with van der Waals surface area (Å²) in [4.78, 5) is 0. The van der Waals surface area contributed by atoms with Crippen LogP contribution in [0.3, 0.4) is 0 Å². The fraction of sp³-hybridized carbons (Fsp3) is 0.739. The van der Waals surface area contributed by atoms with Gasteiger partial charge in [0.15, 0.2) is 11.5 Å². The first-order valence-corrected chi connectivity index (χ1v) is 10.6. The lowest BCUT2D eigenvalue weighted by molar-refractivity contribution is 0.257. The fourth-order valence-corrected chi connectivity index (χ4v) is 3.05. The topological polar surface area (TPSA) is 18.5 Å². The number of hydrogen-bond acceptors (Lipinski definition) is 2. The van der Waals surface area contributed by atoms with E-state index < -0.39 is 0 Å². The molecule has 0 N–H and O–H groups in total. The van der Waals surface area contributed by atoms with Crippen molar-refractivity contribution >= 4 is 0 Å². The summed E-state index contributed by atoms with van der Waals surface area (Å²) in [6.07, 6.45) is 15.5. The van der Waals surface area contributed by atoms with E-state index in [1.807, 2.05) is 6.07 Å². The van der Waals surface area contributed by atoms with Crippen molar-refractivity contribution < 1.29 is 9.47 Å². The second-order valence-electron chi connectivity index (χ2n) is 7.13. The molecule has 0 saturated carbocycles. The van der Waals surface area contributed by atoms with Crippen molar-refractivity contribution in [1.82, 2.24) is 0 Å². The molecular weight excluding hydrogens is 308 g/mol. The molecule has 0 aliphatic heterocycles. The van der Waals surface area contributed by atoms with Crippen molar-refractivity contribution in [2.75, 3.05) is 13.2 Å². The van der Waals surface area contributed by atoms with Gasteiger partial charge in [-0.2, -0.15) is 0 Å². The summed E-state index contributed by atoms with van der Waals surface area (Å²) in [7, 11) is 0. The number of rotatable bonds is 16. The Morgan fingerprint density at radius 1 is 0.640 bits per heavy atom. The summed E-state index contributed by atoms with van der Waals surface area (Å²) in [5, 5.41) is 0. The van der Waals surface area contributed by atoms with E-state index in [0.717, 1.165) is 37.6 Å². The van der Waals surface area contributed by atoms with Crippen LogP contribution in [-0.2, 0) is 0 Å². The second-order valence-corrected chi connectivity index (χ2v) is 7.13. The highest BCUT2D eigenvalue weighted by molar-refractivity contribution is 5.45. The molecule has 25 heavy (non-hydrogen) atoms. The van der Waals surface area contributed by atoms with Gasteiger partial charge in [-0.3, -0.25) is 0 Å². The van der Waals surface area contributed by atoms with Gasteiger partial charge >= 0.3 is 0 Å². The Labute approximate surface area is 156 Å². The Morgan fingerprint density at radius 3 is 1.76 bits per heavy atom. The molecule has 1 aromatic carbocycles. The highest BCUT2D eigenvalue weighted by Gasteiger charge is 2.08. The van der Waals surface area contributed by atoms with Crippen LogP contribution in [0.25, 0.3) is 0 Å². The zero-order valence-corrected chi connectivity index (χ0v) is 16.9. The van der Waals surface area contributed by atoms with Gasteiger partial charge in [-0.25, -0.2) is 0 Å². The number of para-hydroxylation sites is 1. The first kappa shape index (κ1) is 21.9. The standard InChI is InChI=1S/C23H40O2/c1-4-6-8-10-12-14-19-24-22-18-16-17-21(3)23(22)25-20-15-13-11-9-7-5-2/h16-18H,4-15,19-20H2,1-3H3. The molecule has 0 amide bonds. The van der Waals surface area contributed by atoms with E-state index in [1.165, 1.54) is 69.8 Å². The lowest BCUT2D eigenvalue weighted by Crippen LogP contribution is -2.04. The normalized spacial score (nSPS) is 10.8. The van der Waals surface area contributed by atoms with Crippen LogP contribution in [0, 0.1) is 6.92 Å². The second kappa shape index (κ2) is 15.1. The molecule has 0 heterocycles. The maximum Gasteiger partial charge on any atom is 0.164 e. The van der Waals surface area contributed by atoms with Gasteiger partial charge in [0.1, 0.15) is 0 Å². The molecule has 1 rings (SSSR count). The quantitative estimate of drug-likeness (QED) is 0.288. The number of aryl methyl sites for hydroxylation is 1. The number of ether oxygens (including phenoxy) is 2. The summed E-state index contributed by atoms with van der Waals surface area (Å²) >= 11 is 0. The molecule has 144 valence electrons. The first-order chi connectivity index (χ1) is 12.3. The van der Waals surface area contributed by atoms with Crippen molar-refractivity contribution in [3.8, 4) is 11.5 Å². The van der Waals surface area contributed by atoms with E-state index in [-0.39, 0.29) is 0 Å². The van der Waals surface area contributed by atoms with Gasteiger partial charge in [-0.05, 0) is 31.4 Å². The molecule has 0 aliphatic rings. The Kier molecular flexibility index (Phi) is 13.2. The Morgan fingerprint density at radius 2 is 1.16 bits per heavy atom. The number of unbranched alkanes of at least 4 members (excludes halogenated alkanes) is 10. The molecule has 0 atom stereocenters. The van der Waals surface area contributed by atoms with Crippen molar-refractivity contribution in [2.45, 2.75) is 97.8 Å². The average Bonchev–Trinajstić information content (AvgIpc) is 2.62. The first-order valence-electron chi connectivity index (χ1n) is 10.6. The van der Waals surface area contributed by atoms with Gasteiger partial charge in [0.25, 0.3) is 0 Å². The minimum Gasteiger partial charge on any atom is -0.490 e. The van der Waals surface area contributed by atoms with Crippen LogP contribution in [0.2, 0.25) is 0 Å². The number of hydrogen-bond donors (Lipinski definition) is 0. The third-order valence-electron chi connectivity index (χ3n) is 4.68. The third-order valence-corrected chi connectivity index (χ3v) is 4.68. The Balaban J connectivity index is 2.26. The molecule has 0 bridgehead atoms. The van der Waals surface area contributed by atoms with Crippen LogP contribution in [0.5, 0.6) is 11.5 Å². The van der Waals surface area contributed by atoms with Gasteiger partial charge in [-0.15, -0.1) is 0 Å². The minimum absolute atomic E-state index is 0.795. The van der Waals surface area contributed by atoms with E-state index in [0.29, 0.717) is 0 Å². The van der Waals surface area contributed by atoms with Crippen LogP contribution in [0.15, 0.2) is 18.2 Å². The van der Waals surface area contributed by atoms with Crippen LogP contribution in [0.4, 0.5) is 0 Å². The van der Waals surface area contributed by atoms with Crippen LogP contribution in [-0.4, -0.2) is 13.2 Å². The largest absolute Gasteiger partial charge is 0.490 e. The lowest BCUT2D eigenvalue weighted by atomic mass is 10.1. The number of benzene rings is 1. The highest BCUT2D eigenvalue weighted by atomic mass is 16.5. The molecule has 0 unspecified atom stereocenters. The highest BCUT2D eigenvalue weighted by Crippen LogP contribution is 2.31. The molecule has 0 fully saturated rings. The predicted octanol–water partition coefficient (Wildman–Crippen LogP) is 7.47. The van der Waals surface area contributed by atoms with Crippen LogP contribution >= 0.6 is 0 Å².